The Morgan fingerprint density at radius 2 is 2.00 bits per heavy atom. The minimum absolute atomic E-state index is 0.0551. The largest absolute Gasteiger partial charge is 0.387 e. The van der Waals surface area contributed by atoms with Gasteiger partial charge in [-0.25, -0.2) is 0 Å². The number of halogens is 2. The van der Waals surface area contributed by atoms with Gasteiger partial charge in [0.25, 0.3) is 11.6 Å². The van der Waals surface area contributed by atoms with Gasteiger partial charge in [0.15, 0.2) is 0 Å². The first-order valence-corrected chi connectivity index (χ1v) is 7.61. The smallest absolute Gasteiger partial charge is 0.269 e. The summed E-state index contributed by atoms with van der Waals surface area (Å²) in [5.41, 5.74) is 0.632. The van der Waals surface area contributed by atoms with Crippen molar-refractivity contribution in [2.75, 3.05) is 6.54 Å². The molecule has 0 saturated carbocycles. The van der Waals surface area contributed by atoms with Gasteiger partial charge in [0.1, 0.15) is 4.34 Å². The van der Waals surface area contributed by atoms with E-state index >= 15 is 0 Å². The first kappa shape index (κ1) is 16.7. The standard InChI is InChI=1S/C13H10Cl2N2O4S/c14-11-5-9(12(15)22-11)13(19)16-6-10(18)7-1-3-8(4-2-7)17(20)21/h1-5,10,18H,6H2,(H,16,19)/t10-/m1/s1. The second-order valence-electron chi connectivity index (χ2n) is 4.31. The molecule has 2 N–H and O–H groups in total. The zero-order valence-corrected chi connectivity index (χ0v) is 13.3. The van der Waals surface area contributed by atoms with E-state index in [1.807, 2.05) is 0 Å². The molecular weight excluding hydrogens is 351 g/mol. The minimum atomic E-state index is -0.988. The van der Waals surface area contributed by atoms with Crippen LogP contribution in [0.5, 0.6) is 0 Å². The van der Waals surface area contributed by atoms with E-state index in [1.165, 1.54) is 30.3 Å². The average molecular weight is 361 g/mol. The molecule has 116 valence electrons. The van der Waals surface area contributed by atoms with Gasteiger partial charge in [-0.3, -0.25) is 14.9 Å². The molecule has 6 nitrogen and oxygen atoms in total. The van der Waals surface area contributed by atoms with Crippen molar-refractivity contribution in [1.29, 1.82) is 0 Å². The molecule has 0 radical (unpaired) electrons. The van der Waals surface area contributed by atoms with Crippen molar-refractivity contribution in [3.05, 3.63) is 60.2 Å². The Morgan fingerprint density at radius 3 is 2.50 bits per heavy atom. The van der Waals surface area contributed by atoms with Crippen LogP contribution in [0.25, 0.3) is 0 Å². The minimum Gasteiger partial charge on any atom is -0.387 e. The van der Waals surface area contributed by atoms with Crippen molar-refractivity contribution < 1.29 is 14.8 Å². The third kappa shape index (κ3) is 3.95. The predicted molar refractivity (Wildman–Crippen MR) is 84.7 cm³/mol. The number of hydrogen-bond acceptors (Lipinski definition) is 5. The number of carbonyl (C=O) groups excluding carboxylic acids is 1. The summed E-state index contributed by atoms with van der Waals surface area (Å²) in [6.07, 6.45) is -0.988. The quantitative estimate of drug-likeness (QED) is 0.630. The normalized spacial score (nSPS) is 12.0. The molecule has 1 atom stereocenters. The fourth-order valence-corrected chi connectivity index (χ4v) is 3.17. The summed E-state index contributed by atoms with van der Waals surface area (Å²) in [4.78, 5) is 21.9. The lowest BCUT2D eigenvalue weighted by molar-refractivity contribution is -0.384. The van der Waals surface area contributed by atoms with E-state index in [-0.39, 0.29) is 22.1 Å². The highest BCUT2D eigenvalue weighted by atomic mass is 35.5. The molecule has 1 aromatic carbocycles. The van der Waals surface area contributed by atoms with Crippen LogP contribution in [-0.2, 0) is 0 Å². The Morgan fingerprint density at radius 1 is 1.36 bits per heavy atom. The average Bonchev–Trinajstić information content (AvgIpc) is 2.83. The first-order chi connectivity index (χ1) is 10.4. The number of non-ortho nitro benzene ring substituents is 1. The number of aliphatic hydroxyl groups excluding tert-OH is 1. The van der Waals surface area contributed by atoms with Gasteiger partial charge in [-0.2, -0.15) is 0 Å². The number of aliphatic hydroxyl groups is 1. The van der Waals surface area contributed by atoms with Crippen molar-refractivity contribution in [3.8, 4) is 0 Å². The molecule has 1 heterocycles. The van der Waals surface area contributed by atoms with Crippen LogP contribution in [0.1, 0.15) is 22.0 Å². The lowest BCUT2D eigenvalue weighted by Gasteiger charge is -2.12. The van der Waals surface area contributed by atoms with Gasteiger partial charge in [-0.15, -0.1) is 11.3 Å². The molecule has 0 unspecified atom stereocenters. The number of nitrogens with one attached hydrogen (secondary N) is 1. The van der Waals surface area contributed by atoms with Gasteiger partial charge in [0, 0.05) is 18.7 Å². The molecule has 22 heavy (non-hydrogen) atoms. The monoisotopic (exact) mass is 360 g/mol. The molecule has 0 saturated heterocycles. The highest BCUT2D eigenvalue weighted by Crippen LogP contribution is 2.31. The van der Waals surface area contributed by atoms with Crippen LogP contribution in [0.3, 0.4) is 0 Å². The van der Waals surface area contributed by atoms with E-state index < -0.39 is 16.9 Å². The highest BCUT2D eigenvalue weighted by molar-refractivity contribution is 7.20. The summed E-state index contributed by atoms with van der Waals surface area (Å²) in [6, 6.07) is 6.89. The van der Waals surface area contributed by atoms with Gasteiger partial charge in [0.05, 0.1) is 20.9 Å². The molecule has 9 heteroatoms. The number of benzene rings is 1. The maximum Gasteiger partial charge on any atom is 0.269 e. The topological polar surface area (TPSA) is 92.5 Å². The van der Waals surface area contributed by atoms with Gasteiger partial charge in [0.2, 0.25) is 0 Å². The number of thiophene rings is 1. The maximum atomic E-state index is 11.9. The fraction of sp³-hybridized carbons (Fsp3) is 0.154. The van der Waals surface area contributed by atoms with Crippen LogP contribution in [0, 0.1) is 10.1 Å². The third-order valence-corrected chi connectivity index (χ3v) is 4.33. The molecule has 1 aromatic heterocycles. The van der Waals surface area contributed by atoms with Crippen LogP contribution in [-0.4, -0.2) is 22.5 Å². The molecule has 0 bridgehead atoms. The molecular formula is C13H10Cl2N2O4S. The fourth-order valence-electron chi connectivity index (χ4n) is 1.72. The molecule has 0 fully saturated rings. The Labute approximate surface area is 139 Å². The summed E-state index contributed by atoms with van der Waals surface area (Å²) in [5, 5.41) is 23.1. The number of nitro benzene ring substituents is 1. The molecule has 2 aromatic rings. The summed E-state index contributed by atoms with van der Waals surface area (Å²) in [7, 11) is 0. The molecule has 1 amide bonds. The maximum absolute atomic E-state index is 11.9. The van der Waals surface area contributed by atoms with Gasteiger partial charge in [-0.1, -0.05) is 23.2 Å². The van der Waals surface area contributed by atoms with Crippen LogP contribution >= 0.6 is 34.5 Å². The molecule has 0 aliphatic carbocycles. The van der Waals surface area contributed by atoms with E-state index in [2.05, 4.69) is 5.32 Å². The number of nitro groups is 1. The van der Waals surface area contributed by atoms with Crippen molar-refractivity contribution >= 4 is 46.1 Å². The number of nitrogens with zero attached hydrogens (tertiary/aromatic N) is 1. The number of carbonyl (C=O) groups is 1. The molecule has 2 rings (SSSR count). The molecule has 0 aliphatic heterocycles. The van der Waals surface area contributed by atoms with Crippen molar-refractivity contribution in [2.45, 2.75) is 6.10 Å². The third-order valence-electron chi connectivity index (χ3n) is 2.85. The predicted octanol–water partition coefficient (Wildman–Crippen LogP) is 3.43. The van der Waals surface area contributed by atoms with Crippen LogP contribution < -0.4 is 5.32 Å². The lowest BCUT2D eigenvalue weighted by Crippen LogP contribution is -2.28. The second-order valence-corrected chi connectivity index (χ2v) is 6.60. The van der Waals surface area contributed by atoms with E-state index in [0.717, 1.165) is 11.3 Å². The Kier molecular flexibility index (Phi) is 5.36. The van der Waals surface area contributed by atoms with Gasteiger partial charge in [-0.05, 0) is 23.8 Å². The Bertz CT molecular complexity index is 703. The zero-order valence-electron chi connectivity index (χ0n) is 11.0. The van der Waals surface area contributed by atoms with Crippen LogP contribution in [0.2, 0.25) is 8.67 Å². The van der Waals surface area contributed by atoms with Gasteiger partial charge < -0.3 is 10.4 Å². The van der Waals surface area contributed by atoms with E-state index in [4.69, 9.17) is 23.2 Å². The van der Waals surface area contributed by atoms with Crippen molar-refractivity contribution in [2.24, 2.45) is 0 Å². The van der Waals surface area contributed by atoms with Crippen LogP contribution in [0.4, 0.5) is 5.69 Å². The summed E-state index contributed by atoms with van der Waals surface area (Å²) in [6.45, 7) is -0.0551. The number of amides is 1. The zero-order chi connectivity index (χ0) is 16.3. The summed E-state index contributed by atoms with van der Waals surface area (Å²) < 4.78 is 0.665. The lowest BCUT2D eigenvalue weighted by atomic mass is 10.1. The SMILES string of the molecule is O=C(NC[C@@H](O)c1ccc([N+](=O)[O-])cc1)c1cc(Cl)sc1Cl. The molecule has 0 aliphatic rings. The first-order valence-electron chi connectivity index (χ1n) is 6.04. The van der Waals surface area contributed by atoms with Crippen molar-refractivity contribution in [3.63, 3.8) is 0 Å². The Hall–Kier alpha value is -1.67. The Balaban J connectivity index is 1.97. The van der Waals surface area contributed by atoms with E-state index in [0.29, 0.717) is 9.90 Å². The summed E-state index contributed by atoms with van der Waals surface area (Å²) >= 11 is 12.7. The molecule has 0 spiro atoms. The number of rotatable bonds is 5. The van der Waals surface area contributed by atoms with E-state index in [9.17, 15) is 20.0 Å². The second kappa shape index (κ2) is 7.06. The summed E-state index contributed by atoms with van der Waals surface area (Å²) in [5.74, 6) is -0.450. The van der Waals surface area contributed by atoms with E-state index in [1.54, 1.807) is 0 Å². The van der Waals surface area contributed by atoms with Crippen molar-refractivity contribution in [1.82, 2.24) is 5.32 Å². The van der Waals surface area contributed by atoms with Gasteiger partial charge >= 0.3 is 0 Å². The highest BCUT2D eigenvalue weighted by Gasteiger charge is 2.16. The number of hydrogen-bond donors (Lipinski definition) is 2. The van der Waals surface area contributed by atoms with Crippen LogP contribution in [0.15, 0.2) is 30.3 Å².